The van der Waals surface area contributed by atoms with Crippen molar-refractivity contribution in [3.63, 3.8) is 0 Å². The highest BCUT2D eigenvalue weighted by atomic mass is 16.5. The SMILES string of the molecule is CC(C)CNC(=O)Nc1ccc(-c2noc(C(C)(C)C)n2)cc1. The molecule has 23 heavy (non-hydrogen) atoms. The molecular formula is C17H24N4O2. The van der Waals surface area contributed by atoms with Crippen LogP contribution in [0, 0.1) is 5.92 Å². The number of carbonyl (C=O) groups excluding carboxylic acids is 1. The van der Waals surface area contributed by atoms with Crippen molar-refractivity contribution in [1.82, 2.24) is 15.5 Å². The van der Waals surface area contributed by atoms with Crippen molar-refractivity contribution in [3.05, 3.63) is 30.2 Å². The Morgan fingerprint density at radius 3 is 2.39 bits per heavy atom. The molecule has 0 saturated carbocycles. The Hall–Kier alpha value is -2.37. The Morgan fingerprint density at radius 1 is 1.22 bits per heavy atom. The van der Waals surface area contributed by atoms with Gasteiger partial charge in [0.2, 0.25) is 11.7 Å². The summed E-state index contributed by atoms with van der Waals surface area (Å²) in [4.78, 5) is 16.1. The summed E-state index contributed by atoms with van der Waals surface area (Å²) in [5.74, 6) is 1.56. The number of carbonyl (C=O) groups is 1. The van der Waals surface area contributed by atoms with Crippen molar-refractivity contribution < 1.29 is 9.32 Å². The molecular weight excluding hydrogens is 292 g/mol. The van der Waals surface area contributed by atoms with Gasteiger partial charge in [-0.3, -0.25) is 0 Å². The minimum atomic E-state index is -0.207. The summed E-state index contributed by atoms with van der Waals surface area (Å²) in [5, 5.41) is 9.60. The first kappa shape index (κ1) is 17.0. The van der Waals surface area contributed by atoms with Crippen molar-refractivity contribution in [2.75, 3.05) is 11.9 Å². The number of benzene rings is 1. The largest absolute Gasteiger partial charge is 0.338 e. The van der Waals surface area contributed by atoms with E-state index >= 15 is 0 Å². The van der Waals surface area contributed by atoms with Crippen LogP contribution in [0.1, 0.15) is 40.5 Å². The second kappa shape index (κ2) is 6.81. The van der Waals surface area contributed by atoms with Crippen LogP contribution in [0.5, 0.6) is 0 Å². The lowest BCUT2D eigenvalue weighted by molar-refractivity contribution is 0.251. The maximum Gasteiger partial charge on any atom is 0.319 e. The zero-order chi connectivity index (χ0) is 17.0. The van der Waals surface area contributed by atoms with E-state index in [9.17, 15) is 4.79 Å². The first-order valence-electron chi connectivity index (χ1n) is 7.75. The third-order valence-corrected chi connectivity index (χ3v) is 3.14. The lowest BCUT2D eigenvalue weighted by Crippen LogP contribution is -2.31. The fourth-order valence-electron chi connectivity index (χ4n) is 1.82. The van der Waals surface area contributed by atoms with Crippen LogP contribution < -0.4 is 10.6 Å². The van der Waals surface area contributed by atoms with Gasteiger partial charge in [0.15, 0.2) is 0 Å². The standard InChI is InChI=1S/C17H24N4O2/c1-11(2)10-18-16(22)19-13-8-6-12(7-9-13)14-20-15(23-21-14)17(3,4)5/h6-9,11H,10H2,1-5H3,(H2,18,19,22). The van der Waals surface area contributed by atoms with Gasteiger partial charge in [0.1, 0.15) is 0 Å². The highest BCUT2D eigenvalue weighted by Gasteiger charge is 2.22. The number of amides is 2. The van der Waals surface area contributed by atoms with Gasteiger partial charge in [-0.05, 0) is 30.2 Å². The van der Waals surface area contributed by atoms with Gasteiger partial charge in [-0.1, -0.05) is 39.8 Å². The van der Waals surface area contributed by atoms with Crippen LogP contribution in [0.25, 0.3) is 11.4 Å². The molecule has 1 heterocycles. The van der Waals surface area contributed by atoms with Crippen LogP contribution in [0.2, 0.25) is 0 Å². The van der Waals surface area contributed by atoms with E-state index < -0.39 is 0 Å². The molecule has 1 aromatic heterocycles. The third kappa shape index (κ3) is 4.81. The van der Waals surface area contributed by atoms with Crippen LogP contribution in [-0.4, -0.2) is 22.7 Å². The van der Waals surface area contributed by atoms with E-state index in [4.69, 9.17) is 4.52 Å². The molecule has 0 aliphatic rings. The van der Waals surface area contributed by atoms with Crippen molar-refractivity contribution >= 4 is 11.7 Å². The molecule has 0 radical (unpaired) electrons. The molecule has 0 fully saturated rings. The van der Waals surface area contributed by atoms with E-state index in [1.165, 1.54) is 0 Å². The number of aromatic nitrogens is 2. The zero-order valence-electron chi connectivity index (χ0n) is 14.3. The number of anilines is 1. The van der Waals surface area contributed by atoms with Gasteiger partial charge in [0.25, 0.3) is 0 Å². The minimum Gasteiger partial charge on any atom is -0.338 e. The van der Waals surface area contributed by atoms with E-state index in [2.05, 4.69) is 20.8 Å². The van der Waals surface area contributed by atoms with E-state index in [1.807, 2.05) is 58.9 Å². The van der Waals surface area contributed by atoms with Crippen LogP contribution in [0.4, 0.5) is 10.5 Å². The molecule has 0 spiro atoms. The second-order valence-electron chi connectivity index (χ2n) is 6.98. The van der Waals surface area contributed by atoms with E-state index in [0.717, 1.165) is 11.3 Å². The quantitative estimate of drug-likeness (QED) is 0.898. The summed E-state index contributed by atoms with van der Waals surface area (Å²) in [6, 6.07) is 7.14. The molecule has 0 aliphatic heterocycles. The lowest BCUT2D eigenvalue weighted by atomic mass is 9.97. The molecule has 0 bridgehead atoms. The lowest BCUT2D eigenvalue weighted by Gasteiger charge is -2.10. The third-order valence-electron chi connectivity index (χ3n) is 3.14. The van der Waals surface area contributed by atoms with E-state index in [1.54, 1.807) is 0 Å². The molecule has 2 amide bonds. The number of nitrogens with zero attached hydrogens (tertiary/aromatic N) is 2. The van der Waals surface area contributed by atoms with Crippen molar-refractivity contribution in [2.45, 2.75) is 40.0 Å². The average Bonchev–Trinajstić information content (AvgIpc) is 2.96. The molecule has 2 aromatic rings. The summed E-state index contributed by atoms with van der Waals surface area (Å²) >= 11 is 0. The van der Waals surface area contributed by atoms with Crippen LogP contribution in [0.15, 0.2) is 28.8 Å². The first-order valence-corrected chi connectivity index (χ1v) is 7.75. The number of rotatable bonds is 4. The van der Waals surface area contributed by atoms with Crippen molar-refractivity contribution in [3.8, 4) is 11.4 Å². The Bertz CT molecular complexity index is 654. The Labute approximate surface area is 136 Å². The highest BCUT2D eigenvalue weighted by molar-refractivity contribution is 5.89. The summed E-state index contributed by atoms with van der Waals surface area (Å²) < 4.78 is 5.29. The summed E-state index contributed by atoms with van der Waals surface area (Å²) in [6.45, 7) is 10.8. The van der Waals surface area contributed by atoms with Gasteiger partial charge in [-0.15, -0.1) is 0 Å². The topological polar surface area (TPSA) is 80.0 Å². The van der Waals surface area contributed by atoms with Gasteiger partial charge < -0.3 is 15.2 Å². The molecule has 0 saturated heterocycles. The van der Waals surface area contributed by atoms with E-state index in [0.29, 0.717) is 24.2 Å². The predicted octanol–water partition coefficient (Wildman–Crippen LogP) is 3.81. The maximum atomic E-state index is 11.7. The van der Waals surface area contributed by atoms with Gasteiger partial charge in [0, 0.05) is 23.2 Å². The number of hydrogen-bond acceptors (Lipinski definition) is 4. The maximum absolute atomic E-state index is 11.7. The van der Waals surface area contributed by atoms with Crippen LogP contribution >= 0.6 is 0 Å². The highest BCUT2D eigenvalue weighted by Crippen LogP contribution is 2.24. The van der Waals surface area contributed by atoms with Crippen molar-refractivity contribution in [1.29, 1.82) is 0 Å². The molecule has 6 heteroatoms. The average molecular weight is 316 g/mol. The Kier molecular flexibility index (Phi) is 5.03. The van der Waals surface area contributed by atoms with Gasteiger partial charge in [-0.25, -0.2) is 4.79 Å². The number of nitrogens with one attached hydrogen (secondary N) is 2. The molecule has 2 rings (SSSR count). The molecule has 0 unspecified atom stereocenters. The van der Waals surface area contributed by atoms with E-state index in [-0.39, 0.29) is 11.4 Å². The monoisotopic (exact) mass is 316 g/mol. The molecule has 6 nitrogen and oxygen atoms in total. The molecule has 0 atom stereocenters. The predicted molar refractivity (Wildman–Crippen MR) is 90.3 cm³/mol. The zero-order valence-corrected chi connectivity index (χ0v) is 14.3. The Morgan fingerprint density at radius 2 is 1.87 bits per heavy atom. The summed E-state index contributed by atoms with van der Waals surface area (Å²) in [7, 11) is 0. The fraction of sp³-hybridized carbons (Fsp3) is 0.471. The van der Waals surface area contributed by atoms with Gasteiger partial charge in [0.05, 0.1) is 0 Å². The van der Waals surface area contributed by atoms with Crippen molar-refractivity contribution in [2.24, 2.45) is 5.92 Å². The first-order chi connectivity index (χ1) is 10.8. The second-order valence-corrected chi connectivity index (χ2v) is 6.98. The number of hydrogen-bond donors (Lipinski definition) is 2. The van der Waals surface area contributed by atoms with Crippen LogP contribution in [0.3, 0.4) is 0 Å². The number of urea groups is 1. The fourth-order valence-corrected chi connectivity index (χ4v) is 1.82. The molecule has 1 aromatic carbocycles. The van der Waals surface area contributed by atoms with Gasteiger partial charge in [-0.2, -0.15) is 4.98 Å². The molecule has 0 aliphatic carbocycles. The Balaban J connectivity index is 2.02. The minimum absolute atomic E-state index is 0.179. The van der Waals surface area contributed by atoms with Gasteiger partial charge >= 0.3 is 6.03 Å². The molecule has 124 valence electrons. The van der Waals surface area contributed by atoms with Crippen LogP contribution in [-0.2, 0) is 5.41 Å². The summed E-state index contributed by atoms with van der Waals surface area (Å²) in [6.07, 6.45) is 0. The normalized spacial score (nSPS) is 11.6. The smallest absolute Gasteiger partial charge is 0.319 e. The molecule has 2 N–H and O–H groups in total. The summed E-state index contributed by atoms with van der Waals surface area (Å²) in [5.41, 5.74) is 1.38.